The zero-order chi connectivity index (χ0) is 19.6. The van der Waals surface area contributed by atoms with Gasteiger partial charge in [-0.05, 0) is 62.4 Å². The fourth-order valence-corrected chi connectivity index (χ4v) is 2.23. The maximum atomic E-state index is 12.0. The van der Waals surface area contributed by atoms with Crippen molar-refractivity contribution >= 4 is 29.2 Å². The van der Waals surface area contributed by atoms with E-state index in [2.05, 4.69) is 10.6 Å². The summed E-state index contributed by atoms with van der Waals surface area (Å²) in [5.41, 5.74) is 2.16. The van der Waals surface area contributed by atoms with Crippen molar-refractivity contribution in [3.8, 4) is 0 Å². The van der Waals surface area contributed by atoms with Crippen molar-refractivity contribution in [2.45, 2.75) is 13.8 Å². The fourth-order valence-electron chi connectivity index (χ4n) is 2.23. The SMILES string of the molecule is CCOC(=O)c1ccc(NCC(=O)Nc2ccc(C(=O)OCC)cc2)cc1. The summed E-state index contributed by atoms with van der Waals surface area (Å²) in [6, 6.07) is 13.1. The second-order valence-electron chi connectivity index (χ2n) is 5.50. The van der Waals surface area contributed by atoms with Gasteiger partial charge in [0.15, 0.2) is 0 Å². The van der Waals surface area contributed by atoms with Crippen molar-refractivity contribution in [3.63, 3.8) is 0 Å². The summed E-state index contributed by atoms with van der Waals surface area (Å²) in [5, 5.41) is 5.70. The highest BCUT2D eigenvalue weighted by Crippen LogP contribution is 2.12. The van der Waals surface area contributed by atoms with E-state index >= 15 is 0 Å². The highest BCUT2D eigenvalue weighted by atomic mass is 16.5. The molecule has 0 radical (unpaired) electrons. The summed E-state index contributed by atoms with van der Waals surface area (Å²) >= 11 is 0. The third-order valence-electron chi connectivity index (χ3n) is 3.53. The molecular formula is C20H22N2O5. The number of anilines is 2. The molecule has 0 aliphatic heterocycles. The summed E-state index contributed by atoms with van der Waals surface area (Å²) < 4.78 is 9.82. The Hall–Kier alpha value is -3.35. The molecule has 0 fully saturated rings. The van der Waals surface area contributed by atoms with E-state index in [9.17, 15) is 14.4 Å². The van der Waals surface area contributed by atoms with Gasteiger partial charge in [-0.15, -0.1) is 0 Å². The van der Waals surface area contributed by atoms with E-state index in [-0.39, 0.29) is 18.4 Å². The number of esters is 2. The van der Waals surface area contributed by atoms with E-state index in [0.717, 1.165) is 0 Å². The summed E-state index contributed by atoms with van der Waals surface area (Å²) in [4.78, 5) is 35.2. The Balaban J connectivity index is 1.83. The van der Waals surface area contributed by atoms with Gasteiger partial charge in [0, 0.05) is 11.4 Å². The van der Waals surface area contributed by atoms with E-state index in [1.165, 1.54) is 0 Å². The fraction of sp³-hybridized carbons (Fsp3) is 0.250. The first-order valence-corrected chi connectivity index (χ1v) is 8.61. The van der Waals surface area contributed by atoms with E-state index in [4.69, 9.17) is 9.47 Å². The first-order chi connectivity index (χ1) is 13.0. The lowest BCUT2D eigenvalue weighted by molar-refractivity contribution is -0.114. The van der Waals surface area contributed by atoms with Crippen LogP contribution < -0.4 is 10.6 Å². The van der Waals surface area contributed by atoms with Crippen molar-refractivity contribution in [1.82, 2.24) is 0 Å². The van der Waals surface area contributed by atoms with Gasteiger partial charge >= 0.3 is 11.9 Å². The van der Waals surface area contributed by atoms with E-state index < -0.39 is 5.97 Å². The van der Waals surface area contributed by atoms with Gasteiger partial charge in [0.2, 0.25) is 5.91 Å². The molecule has 142 valence electrons. The molecule has 0 unspecified atom stereocenters. The van der Waals surface area contributed by atoms with Crippen molar-refractivity contribution in [1.29, 1.82) is 0 Å². The van der Waals surface area contributed by atoms with Gasteiger partial charge in [0.1, 0.15) is 0 Å². The molecule has 0 heterocycles. The molecule has 7 heteroatoms. The maximum Gasteiger partial charge on any atom is 0.338 e. The molecule has 2 N–H and O–H groups in total. The molecule has 0 aliphatic rings. The summed E-state index contributed by atoms with van der Waals surface area (Å²) in [6.45, 7) is 4.17. The Labute approximate surface area is 157 Å². The highest BCUT2D eigenvalue weighted by Gasteiger charge is 2.08. The van der Waals surface area contributed by atoms with Crippen LogP contribution in [-0.2, 0) is 14.3 Å². The van der Waals surface area contributed by atoms with Gasteiger partial charge in [-0.2, -0.15) is 0 Å². The molecule has 0 aromatic heterocycles. The van der Waals surface area contributed by atoms with Gasteiger partial charge in [0.25, 0.3) is 0 Å². The molecule has 2 rings (SSSR count). The standard InChI is InChI=1S/C20H22N2O5/c1-3-26-19(24)14-5-9-16(10-6-14)21-13-18(23)22-17-11-7-15(8-12-17)20(25)27-4-2/h5-12,21H,3-4,13H2,1-2H3,(H,22,23). The third-order valence-corrected chi connectivity index (χ3v) is 3.53. The second-order valence-corrected chi connectivity index (χ2v) is 5.50. The van der Waals surface area contributed by atoms with Crippen LogP contribution in [0, 0.1) is 0 Å². The molecule has 0 aliphatic carbocycles. The van der Waals surface area contributed by atoms with Crippen LogP contribution in [0.3, 0.4) is 0 Å². The van der Waals surface area contributed by atoms with Crippen LogP contribution in [0.15, 0.2) is 48.5 Å². The first kappa shape index (κ1) is 20.0. The molecule has 0 atom stereocenters. The van der Waals surface area contributed by atoms with Gasteiger partial charge in [-0.25, -0.2) is 9.59 Å². The molecular weight excluding hydrogens is 348 g/mol. The first-order valence-electron chi connectivity index (χ1n) is 8.61. The van der Waals surface area contributed by atoms with Crippen LogP contribution in [0.1, 0.15) is 34.6 Å². The zero-order valence-corrected chi connectivity index (χ0v) is 15.3. The number of carbonyl (C=O) groups is 3. The van der Waals surface area contributed by atoms with Gasteiger partial charge in [-0.3, -0.25) is 4.79 Å². The number of carbonyl (C=O) groups excluding carboxylic acids is 3. The van der Waals surface area contributed by atoms with Gasteiger partial charge < -0.3 is 20.1 Å². The van der Waals surface area contributed by atoms with Crippen molar-refractivity contribution < 1.29 is 23.9 Å². The minimum atomic E-state index is -0.400. The van der Waals surface area contributed by atoms with Crippen LogP contribution in [-0.4, -0.2) is 37.6 Å². The lowest BCUT2D eigenvalue weighted by Gasteiger charge is -2.09. The molecule has 0 saturated heterocycles. The molecule has 27 heavy (non-hydrogen) atoms. The summed E-state index contributed by atoms with van der Waals surface area (Å²) in [7, 11) is 0. The minimum Gasteiger partial charge on any atom is -0.462 e. The minimum absolute atomic E-state index is 0.0539. The van der Waals surface area contributed by atoms with Crippen LogP contribution in [0.5, 0.6) is 0 Å². The predicted molar refractivity (Wildman–Crippen MR) is 102 cm³/mol. The lowest BCUT2D eigenvalue weighted by Crippen LogP contribution is -2.21. The molecule has 0 saturated carbocycles. The van der Waals surface area contributed by atoms with Crippen LogP contribution >= 0.6 is 0 Å². The third kappa shape index (κ3) is 6.14. The van der Waals surface area contributed by atoms with Gasteiger partial charge in [0.05, 0.1) is 30.9 Å². The topological polar surface area (TPSA) is 93.7 Å². The number of hydrogen-bond donors (Lipinski definition) is 2. The molecule has 7 nitrogen and oxygen atoms in total. The van der Waals surface area contributed by atoms with Gasteiger partial charge in [-0.1, -0.05) is 0 Å². The van der Waals surface area contributed by atoms with Crippen molar-refractivity contribution in [2.75, 3.05) is 30.4 Å². The summed E-state index contributed by atoms with van der Waals surface area (Å²) in [6.07, 6.45) is 0. The highest BCUT2D eigenvalue weighted by molar-refractivity contribution is 5.95. The number of nitrogens with one attached hydrogen (secondary N) is 2. The number of hydrogen-bond acceptors (Lipinski definition) is 6. The number of amides is 1. The Morgan fingerprint density at radius 3 is 1.63 bits per heavy atom. The Morgan fingerprint density at radius 1 is 0.741 bits per heavy atom. The molecule has 1 amide bonds. The Kier molecular flexibility index (Phi) is 7.37. The van der Waals surface area contributed by atoms with Crippen LogP contribution in [0.25, 0.3) is 0 Å². The lowest BCUT2D eigenvalue weighted by atomic mass is 10.2. The predicted octanol–water partition coefficient (Wildman–Crippen LogP) is 3.09. The van der Waals surface area contributed by atoms with Crippen molar-refractivity contribution in [2.24, 2.45) is 0 Å². The maximum absolute atomic E-state index is 12.0. The quantitative estimate of drug-likeness (QED) is 0.694. The average Bonchev–Trinajstić information content (AvgIpc) is 2.68. The Bertz CT molecular complexity index is 785. The summed E-state index contributed by atoms with van der Waals surface area (Å²) in [5.74, 6) is -1.02. The van der Waals surface area contributed by atoms with E-state index in [1.807, 2.05) is 0 Å². The van der Waals surface area contributed by atoms with E-state index in [1.54, 1.807) is 62.4 Å². The zero-order valence-electron chi connectivity index (χ0n) is 15.3. The monoisotopic (exact) mass is 370 g/mol. The molecule has 0 bridgehead atoms. The smallest absolute Gasteiger partial charge is 0.338 e. The van der Waals surface area contributed by atoms with Crippen LogP contribution in [0.4, 0.5) is 11.4 Å². The number of benzene rings is 2. The molecule has 0 spiro atoms. The van der Waals surface area contributed by atoms with Crippen molar-refractivity contribution in [3.05, 3.63) is 59.7 Å². The molecule has 2 aromatic carbocycles. The normalized spacial score (nSPS) is 10.0. The largest absolute Gasteiger partial charge is 0.462 e. The molecule has 2 aromatic rings. The van der Waals surface area contributed by atoms with Crippen LogP contribution in [0.2, 0.25) is 0 Å². The number of ether oxygens (including phenoxy) is 2. The van der Waals surface area contributed by atoms with E-state index in [0.29, 0.717) is 35.7 Å². The Morgan fingerprint density at radius 2 is 1.19 bits per heavy atom. The average molecular weight is 370 g/mol. The number of rotatable bonds is 8. The second kappa shape index (κ2) is 9.96.